The molecular weight excluding hydrogens is 280 g/mol. The Morgan fingerprint density at radius 2 is 1.60 bits per heavy atom. The Balaban J connectivity index is 0.000000121. The topological polar surface area (TPSA) is 103 Å². The van der Waals surface area contributed by atoms with Crippen molar-refractivity contribution in [2.75, 3.05) is 0 Å². The first-order chi connectivity index (χ1) is 9.75. The van der Waals surface area contributed by atoms with Crippen LogP contribution in [0.5, 0.6) is 0 Å². The van der Waals surface area contributed by atoms with Crippen LogP contribution < -0.4 is 5.56 Å². The molecule has 0 amide bonds. The molecule has 0 aliphatic rings. The molecule has 0 fully saturated rings. The molecule has 100 valence electrons. The molecule has 0 unspecified atom stereocenters. The van der Waals surface area contributed by atoms with Crippen LogP contribution in [-0.2, 0) is 0 Å². The number of hydrogen-bond donors (Lipinski definition) is 3. The van der Waals surface area contributed by atoms with Crippen molar-refractivity contribution in [1.29, 1.82) is 0 Å². The summed E-state index contributed by atoms with van der Waals surface area (Å²) < 4.78 is 0. The molecule has 0 spiro atoms. The van der Waals surface area contributed by atoms with Crippen molar-refractivity contribution in [2.24, 2.45) is 0 Å². The van der Waals surface area contributed by atoms with E-state index in [1.165, 1.54) is 12.7 Å². The van der Waals surface area contributed by atoms with Crippen molar-refractivity contribution in [2.45, 2.75) is 0 Å². The Bertz CT molecular complexity index is 909. The standard InChI is InChI=1S/C6H4ClN3.C6H5N3O/c7-5-4-1-2-8-6(4)10-3-9-5;10-6-4-1-2-7-5(4)8-3-9-6/h1-3H,(H,8,9,10);1-3H,(H2,7,8,9,10). The molecule has 8 heteroatoms. The number of rotatable bonds is 0. The first kappa shape index (κ1) is 12.4. The second kappa shape index (κ2) is 5.14. The molecule has 3 N–H and O–H groups in total. The molecule has 0 aliphatic carbocycles. The van der Waals surface area contributed by atoms with Crippen LogP contribution in [0.4, 0.5) is 0 Å². The van der Waals surface area contributed by atoms with Gasteiger partial charge in [0.05, 0.1) is 17.1 Å². The van der Waals surface area contributed by atoms with Crippen molar-refractivity contribution >= 4 is 33.7 Å². The summed E-state index contributed by atoms with van der Waals surface area (Å²) >= 11 is 5.73. The summed E-state index contributed by atoms with van der Waals surface area (Å²) in [7, 11) is 0. The van der Waals surface area contributed by atoms with Gasteiger partial charge < -0.3 is 15.0 Å². The summed E-state index contributed by atoms with van der Waals surface area (Å²) in [6, 6.07) is 3.54. The normalized spacial score (nSPS) is 10.4. The molecule has 4 rings (SSSR count). The lowest BCUT2D eigenvalue weighted by atomic mass is 10.4. The van der Waals surface area contributed by atoms with Gasteiger partial charge in [-0.05, 0) is 12.1 Å². The number of nitrogens with zero attached hydrogens (tertiary/aromatic N) is 3. The highest BCUT2D eigenvalue weighted by molar-refractivity contribution is 6.33. The quantitative estimate of drug-likeness (QED) is 0.430. The van der Waals surface area contributed by atoms with Crippen LogP contribution in [0.2, 0.25) is 5.15 Å². The molecule has 0 radical (unpaired) electrons. The molecule has 20 heavy (non-hydrogen) atoms. The number of fused-ring (bicyclic) bond motifs is 2. The molecule has 0 saturated carbocycles. The predicted molar refractivity (Wildman–Crippen MR) is 75.6 cm³/mol. The minimum atomic E-state index is -0.105. The highest BCUT2D eigenvalue weighted by atomic mass is 35.5. The summed E-state index contributed by atoms with van der Waals surface area (Å²) in [6.45, 7) is 0. The van der Waals surface area contributed by atoms with E-state index in [-0.39, 0.29) is 5.56 Å². The van der Waals surface area contributed by atoms with Crippen molar-refractivity contribution in [3.8, 4) is 0 Å². The summed E-state index contributed by atoms with van der Waals surface area (Å²) in [5.41, 5.74) is 1.30. The first-order valence-corrected chi connectivity index (χ1v) is 6.08. The maximum Gasteiger partial charge on any atom is 0.260 e. The fourth-order valence-electron chi connectivity index (χ4n) is 1.72. The van der Waals surface area contributed by atoms with Crippen molar-refractivity contribution in [3.63, 3.8) is 0 Å². The largest absolute Gasteiger partial charge is 0.346 e. The van der Waals surface area contributed by atoms with E-state index < -0.39 is 0 Å². The van der Waals surface area contributed by atoms with E-state index in [0.29, 0.717) is 16.2 Å². The Hall–Kier alpha value is -2.67. The van der Waals surface area contributed by atoms with Crippen molar-refractivity contribution in [1.82, 2.24) is 29.9 Å². The number of H-pyrrole nitrogens is 3. The number of aromatic nitrogens is 6. The average Bonchev–Trinajstić information content (AvgIpc) is 3.08. The smallest absolute Gasteiger partial charge is 0.260 e. The first-order valence-electron chi connectivity index (χ1n) is 5.70. The Kier molecular flexibility index (Phi) is 3.18. The van der Waals surface area contributed by atoms with Crippen molar-refractivity contribution in [3.05, 3.63) is 52.7 Å². The van der Waals surface area contributed by atoms with Crippen LogP contribution in [0.15, 0.2) is 42.0 Å². The van der Waals surface area contributed by atoms with E-state index in [1.807, 2.05) is 6.07 Å². The SMILES string of the molecule is Clc1ncnc2[nH]ccc12.O=c1[nH]cnc2[nH]ccc12. The van der Waals surface area contributed by atoms with Gasteiger partial charge in [-0.15, -0.1) is 0 Å². The van der Waals surface area contributed by atoms with E-state index >= 15 is 0 Å². The van der Waals surface area contributed by atoms with E-state index in [1.54, 1.807) is 18.5 Å². The Morgan fingerprint density at radius 3 is 2.30 bits per heavy atom. The van der Waals surface area contributed by atoms with Crippen molar-refractivity contribution < 1.29 is 0 Å². The molecule has 4 heterocycles. The molecule has 0 saturated heterocycles. The molecular formula is C12H9ClN6O. The Labute approximate surface area is 117 Å². The van der Waals surface area contributed by atoms with Gasteiger partial charge >= 0.3 is 0 Å². The van der Waals surface area contributed by atoms with Gasteiger partial charge in [0.2, 0.25) is 0 Å². The number of nitrogens with one attached hydrogen (secondary N) is 3. The summed E-state index contributed by atoms with van der Waals surface area (Å²) in [5.74, 6) is 0. The lowest BCUT2D eigenvalue weighted by Crippen LogP contribution is -2.04. The van der Waals surface area contributed by atoms with Gasteiger partial charge in [0.1, 0.15) is 22.8 Å². The molecule has 0 atom stereocenters. The zero-order chi connectivity index (χ0) is 13.9. The van der Waals surface area contributed by atoms with Crippen LogP contribution in [-0.4, -0.2) is 29.9 Å². The van der Waals surface area contributed by atoms with E-state index in [0.717, 1.165) is 11.0 Å². The van der Waals surface area contributed by atoms with Crippen LogP contribution in [0, 0.1) is 0 Å². The van der Waals surface area contributed by atoms with Gasteiger partial charge in [0, 0.05) is 12.4 Å². The molecule has 4 aromatic heterocycles. The fourth-order valence-corrected chi connectivity index (χ4v) is 1.92. The average molecular weight is 289 g/mol. The third-order valence-corrected chi connectivity index (χ3v) is 2.97. The maximum absolute atomic E-state index is 10.9. The van der Waals surface area contributed by atoms with Gasteiger partial charge in [0.15, 0.2) is 0 Å². The molecule has 0 aromatic carbocycles. The van der Waals surface area contributed by atoms with Crippen LogP contribution >= 0.6 is 11.6 Å². The van der Waals surface area contributed by atoms with Gasteiger partial charge in [-0.1, -0.05) is 11.6 Å². The zero-order valence-corrected chi connectivity index (χ0v) is 10.8. The van der Waals surface area contributed by atoms with E-state index in [2.05, 4.69) is 29.9 Å². The Morgan fingerprint density at radius 1 is 0.900 bits per heavy atom. The lowest BCUT2D eigenvalue weighted by molar-refractivity contribution is 1.16. The molecule has 7 nitrogen and oxygen atoms in total. The number of hydrogen-bond acceptors (Lipinski definition) is 4. The predicted octanol–water partition coefficient (Wildman–Crippen LogP) is 1.86. The highest BCUT2D eigenvalue weighted by Crippen LogP contribution is 2.16. The number of aromatic amines is 3. The second-order valence-electron chi connectivity index (χ2n) is 3.88. The summed E-state index contributed by atoms with van der Waals surface area (Å²) in [5, 5.41) is 1.96. The third-order valence-electron chi connectivity index (χ3n) is 2.66. The van der Waals surface area contributed by atoms with Crippen LogP contribution in [0.25, 0.3) is 22.1 Å². The van der Waals surface area contributed by atoms with Gasteiger partial charge in [-0.25, -0.2) is 15.0 Å². The lowest BCUT2D eigenvalue weighted by Gasteiger charge is -1.88. The number of halogens is 1. The van der Waals surface area contributed by atoms with Gasteiger partial charge in [-0.3, -0.25) is 4.79 Å². The minimum Gasteiger partial charge on any atom is -0.346 e. The van der Waals surface area contributed by atoms with Crippen LogP contribution in [0.1, 0.15) is 0 Å². The van der Waals surface area contributed by atoms with Gasteiger partial charge in [-0.2, -0.15) is 0 Å². The minimum absolute atomic E-state index is 0.105. The monoisotopic (exact) mass is 288 g/mol. The molecule has 0 bridgehead atoms. The second-order valence-corrected chi connectivity index (χ2v) is 4.23. The van der Waals surface area contributed by atoms with E-state index in [9.17, 15) is 4.79 Å². The molecule has 0 aliphatic heterocycles. The third kappa shape index (κ3) is 2.26. The van der Waals surface area contributed by atoms with E-state index in [4.69, 9.17) is 11.6 Å². The van der Waals surface area contributed by atoms with Gasteiger partial charge in [0.25, 0.3) is 5.56 Å². The highest BCUT2D eigenvalue weighted by Gasteiger charge is 1.98. The van der Waals surface area contributed by atoms with Crippen LogP contribution in [0.3, 0.4) is 0 Å². The zero-order valence-electron chi connectivity index (χ0n) is 10.1. The summed E-state index contributed by atoms with van der Waals surface area (Å²) in [4.78, 5) is 30.8. The fraction of sp³-hybridized carbons (Fsp3) is 0. The maximum atomic E-state index is 10.9. The summed E-state index contributed by atoms with van der Waals surface area (Å²) in [6.07, 6.45) is 6.28. The molecule has 4 aromatic rings.